The molecule has 0 unspecified atom stereocenters. The molecule has 3 rings (SSSR count). The molecule has 2 aliphatic carbocycles. The van der Waals surface area contributed by atoms with E-state index in [1.807, 2.05) is 12.1 Å². The molecule has 2 aliphatic rings. The topological polar surface area (TPSA) is 55.8 Å². The van der Waals surface area contributed by atoms with Gasteiger partial charge >= 0.3 is 5.91 Å². The predicted molar refractivity (Wildman–Crippen MR) is 124 cm³/mol. The summed E-state index contributed by atoms with van der Waals surface area (Å²) in [6.07, 6.45) is 13.1. The number of amides is 1. The number of hydrogen-bond donors (Lipinski definition) is 2. The molecule has 166 valence electrons. The molecule has 2 fully saturated rings. The van der Waals surface area contributed by atoms with Gasteiger partial charge in [0.2, 0.25) is 0 Å². The molecule has 5 heteroatoms. The van der Waals surface area contributed by atoms with E-state index in [1.54, 1.807) is 11.1 Å². The molecule has 2 saturated carbocycles. The molecule has 0 atom stereocenters. The van der Waals surface area contributed by atoms with Crippen molar-refractivity contribution >= 4 is 17.7 Å². The average Bonchev–Trinajstić information content (AvgIpc) is 2.80. The zero-order valence-electron chi connectivity index (χ0n) is 18.8. The Morgan fingerprint density at radius 1 is 0.967 bits per heavy atom. The lowest BCUT2D eigenvalue weighted by molar-refractivity contribution is -0.138. The van der Waals surface area contributed by atoms with Gasteiger partial charge in [-0.15, -0.1) is 0 Å². The second-order valence-corrected chi connectivity index (χ2v) is 8.72. The van der Waals surface area contributed by atoms with Gasteiger partial charge in [-0.2, -0.15) is 0 Å². The maximum Gasteiger partial charge on any atom is 0.303 e. The van der Waals surface area contributed by atoms with Crippen molar-refractivity contribution in [1.29, 1.82) is 0 Å². The number of aliphatic hydroxyl groups excluding tert-OH is 1. The first-order valence-corrected chi connectivity index (χ1v) is 12.0. The van der Waals surface area contributed by atoms with Crippen LogP contribution in [0.3, 0.4) is 0 Å². The molecule has 1 amide bonds. The number of hydrazine groups is 1. The molecule has 30 heavy (non-hydrogen) atoms. The van der Waals surface area contributed by atoms with E-state index in [2.05, 4.69) is 36.3 Å². The van der Waals surface area contributed by atoms with Crippen LogP contribution in [0.1, 0.15) is 83.6 Å². The Kier molecular flexibility index (Phi) is 8.61. The van der Waals surface area contributed by atoms with Gasteiger partial charge in [0.25, 0.3) is 0 Å². The summed E-state index contributed by atoms with van der Waals surface area (Å²) in [6, 6.07) is 8.55. The SMILES string of the molecule is CCN(CC)c1ccc(/C=C(/O)C(=O)N(NC2CCCCC2)C2CCCCC2)cc1. The lowest BCUT2D eigenvalue weighted by atomic mass is 9.94. The summed E-state index contributed by atoms with van der Waals surface area (Å²) in [7, 11) is 0. The summed E-state index contributed by atoms with van der Waals surface area (Å²) in [6.45, 7) is 6.19. The van der Waals surface area contributed by atoms with Crippen molar-refractivity contribution in [3.8, 4) is 0 Å². The molecule has 0 bridgehead atoms. The van der Waals surface area contributed by atoms with Gasteiger partial charge in [0.05, 0.1) is 0 Å². The summed E-state index contributed by atoms with van der Waals surface area (Å²) in [4.78, 5) is 15.5. The highest BCUT2D eigenvalue weighted by atomic mass is 16.3. The van der Waals surface area contributed by atoms with Crippen LogP contribution in [0.4, 0.5) is 5.69 Å². The third-order valence-electron chi connectivity index (χ3n) is 6.63. The van der Waals surface area contributed by atoms with Gasteiger partial charge in [0, 0.05) is 30.9 Å². The van der Waals surface area contributed by atoms with Crippen molar-refractivity contribution in [3.63, 3.8) is 0 Å². The monoisotopic (exact) mass is 413 g/mol. The zero-order chi connectivity index (χ0) is 21.3. The summed E-state index contributed by atoms with van der Waals surface area (Å²) in [5.74, 6) is -0.472. The molecule has 0 aliphatic heterocycles. The maximum absolute atomic E-state index is 13.2. The van der Waals surface area contributed by atoms with Crippen LogP contribution >= 0.6 is 0 Å². The number of carbonyl (C=O) groups is 1. The summed E-state index contributed by atoms with van der Waals surface area (Å²) >= 11 is 0. The summed E-state index contributed by atoms with van der Waals surface area (Å²) in [5, 5.41) is 12.5. The lowest BCUT2D eigenvalue weighted by Gasteiger charge is -2.38. The van der Waals surface area contributed by atoms with Crippen molar-refractivity contribution in [2.24, 2.45) is 0 Å². The van der Waals surface area contributed by atoms with E-state index in [-0.39, 0.29) is 17.7 Å². The largest absolute Gasteiger partial charge is 0.503 e. The Labute approximate surface area is 182 Å². The minimum Gasteiger partial charge on any atom is -0.503 e. The van der Waals surface area contributed by atoms with E-state index in [1.165, 1.54) is 25.7 Å². The van der Waals surface area contributed by atoms with Crippen LogP contribution in [-0.2, 0) is 4.79 Å². The second-order valence-electron chi connectivity index (χ2n) is 8.72. The summed E-state index contributed by atoms with van der Waals surface area (Å²) < 4.78 is 0. The van der Waals surface area contributed by atoms with Gasteiger partial charge in [-0.3, -0.25) is 9.80 Å². The van der Waals surface area contributed by atoms with Gasteiger partial charge in [-0.1, -0.05) is 50.7 Å². The van der Waals surface area contributed by atoms with Crippen molar-refractivity contribution in [1.82, 2.24) is 10.4 Å². The highest BCUT2D eigenvalue weighted by molar-refractivity contribution is 5.95. The fraction of sp³-hybridized carbons (Fsp3) is 0.640. The van der Waals surface area contributed by atoms with Crippen LogP contribution in [0.25, 0.3) is 6.08 Å². The first kappa shape index (κ1) is 22.7. The van der Waals surface area contributed by atoms with Crippen LogP contribution < -0.4 is 10.3 Å². The molecule has 0 radical (unpaired) electrons. The fourth-order valence-corrected chi connectivity index (χ4v) is 4.81. The fourth-order valence-electron chi connectivity index (χ4n) is 4.81. The second kappa shape index (κ2) is 11.4. The molecule has 2 N–H and O–H groups in total. The average molecular weight is 414 g/mol. The van der Waals surface area contributed by atoms with E-state index in [4.69, 9.17) is 0 Å². The van der Waals surface area contributed by atoms with Gasteiger partial charge in [-0.05, 0) is 63.3 Å². The van der Waals surface area contributed by atoms with Gasteiger partial charge < -0.3 is 10.0 Å². The number of hydrogen-bond acceptors (Lipinski definition) is 4. The smallest absolute Gasteiger partial charge is 0.303 e. The number of aliphatic hydroxyl groups is 1. The molecular weight excluding hydrogens is 374 g/mol. The Bertz CT molecular complexity index is 685. The van der Waals surface area contributed by atoms with Crippen LogP contribution in [0.5, 0.6) is 0 Å². The Hall–Kier alpha value is -2.01. The van der Waals surface area contributed by atoms with E-state index in [0.29, 0.717) is 6.04 Å². The zero-order valence-corrected chi connectivity index (χ0v) is 18.8. The van der Waals surface area contributed by atoms with Gasteiger partial charge in [0.1, 0.15) is 0 Å². The van der Waals surface area contributed by atoms with Crippen LogP contribution in [0.2, 0.25) is 0 Å². The standard InChI is InChI=1S/C25H39N3O2/c1-3-27(4-2)22-17-15-20(16-18-22)19-24(29)25(30)28(23-13-9-6-10-14-23)26-21-11-7-5-8-12-21/h15-19,21,23,26,29H,3-14H2,1-2H3/b24-19+. The molecule has 0 saturated heterocycles. The van der Waals surface area contributed by atoms with Crippen LogP contribution in [0.15, 0.2) is 30.0 Å². The third-order valence-corrected chi connectivity index (χ3v) is 6.63. The first-order chi connectivity index (χ1) is 14.6. The molecule has 0 spiro atoms. The normalized spacial score (nSPS) is 18.9. The van der Waals surface area contributed by atoms with E-state index in [0.717, 1.165) is 62.9 Å². The highest BCUT2D eigenvalue weighted by Crippen LogP contribution is 2.25. The van der Waals surface area contributed by atoms with Gasteiger partial charge in [0.15, 0.2) is 5.76 Å². The van der Waals surface area contributed by atoms with Crippen molar-refractivity contribution in [2.45, 2.75) is 90.1 Å². The van der Waals surface area contributed by atoms with E-state index >= 15 is 0 Å². The number of anilines is 1. The maximum atomic E-state index is 13.2. The molecule has 5 nitrogen and oxygen atoms in total. The van der Waals surface area contributed by atoms with Crippen molar-refractivity contribution in [3.05, 3.63) is 35.6 Å². The number of nitrogens with one attached hydrogen (secondary N) is 1. The quantitative estimate of drug-likeness (QED) is 0.339. The number of carbonyl (C=O) groups excluding carboxylic acids is 1. The highest BCUT2D eigenvalue weighted by Gasteiger charge is 2.30. The lowest BCUT2D eigenvalue weighted by Crippen LogP contribution is -2.54. The summed E-state index contributed by atoms with van der Waals surface area (Å²) in [5.41, 5.74) is 5.51. The van der Waals surface area contributed by atoms with Crippen molar-refractivity contribution < 1.29 is 9.90 Å². The number of nitrogens with zero attached hydrogens (tertiary/aromatic N) is 2. The minimum absolute atomic E-state index is 0.175. The van der Waals surface area contributed by atoms with Crippen molar-refractivity contribution in [2.75, 3.05) is 18.0 Å². The number of benzene rings is 1. The molecule has 1 aromatic carbocycles. The molecule has 0 heterocycles. The van der Waals surface area contributed by atoms with Gasteiger partial charge in [-0.25, -0.2) is 5.43 Å². The Morgan fingerprint density at radius 3 is 2.10 bits per heavy atom. The molecule has 1 aromatic rings. The number of rotatable bonds is 8. The van der Waals surface area contributed by atoms with Crippen LogP contribution in [-0.4, -0.2) is 41.2 Å². The Balaban J connectivity index is 1.73. The van der Waals surface area contributed by atoms with E-state index in [9.17, 15) is 9.90 Å². The van der Waals surface area contributed by atoms with Crippen LogP contribution in [0, 0.1) is 0 Å². The Morgan fingerprint density at radius 2 is 1.53 bits per heavy atom. The van der Waals surface area contributed by atoms with E-state index < -0.39 is 0 Å². The first-order valence-electron chi connectivity index (χ1n) is 12.0. The molecular formula is C25H39N3O2. The molecule has 0 aromatic heterocycles. The predicted octanol–water partition coefficient (Wildman–Crippen LogP) is 5.43. The minimum atomic E-state index is -0.291. The third kappa shape index (κ3) is 6.00.